The third kappa shape index (κ3) is 2.45. The van der Waals surface area contributed by atoms with Gasteiger partial charge in [-0.05, 0) is 37.0 Å². The van der Waals surface area contributed by atoms with Crippen molar-refractivity contribution in [2.24, 2.45) is 11.1 Å². The van der Waals surface area contributed by atoms with E-state index in [9.17, 15) is 0 Å². The number of hydrogen-bond acceptors (Lipinski definition) is 3. The quantitative estimate of drug-likeness (QED) is 0.917. The van der Waals surface area contributed by atoms with Gasteiger partial charge in [0.25, 0.3) is 0 Å². The zero-order chi connectivity index (χ0) is 14.0. The number of hydrogen-bond donors (Lipinski definition) is 1. The van der Waals surface area contributed by atoms with Crippen molar-refractivity contribution < 1.29 is 9.47 Å². The Bertz CT molecular complexity index is 454. The van der Waals surface area contributed by atoms with Crippen LogP contribution in [0, 0.1) is 5.41 Å². The van der Waals surface area contributed by atoms with Crippen LogP contribution in [0.4, 0.5) is 0 Å². The molecule has 2 fully saturated rings. The van der Waals surface area contributed by atoms with Crippen molar-refractivity contribution >= 4 is 0 Å². The minimum Gasteiger partial charge on any atom is -0.497 e. The largest absolute Gasteiger partial charge is 0.497 e. The molecule has 0 bridgehead atoms. The fourth-order valence-electron chi connectivity index (χ4n) is 3.87. The molecule has 2 saturated carbocycles. The molecule has 2 N–H and O–H groups in total. The van der Waals surface area contributed by atoms with Crippen molar-refractivity contribution in [3.8, 4) is 5.75 Å². The SMILES string of the molecule is COc1cccc(COC2CC(N)C23CCCCC3)c1. The number of methoxy groups -OCH3 is 1. The fraction of sp³-hybridized carbons (Fsp3) is 0.647. The van der Waals surface area contributed by atoms with Crippen LogP contribution in [-0.2, 0) is 11.3 Å². The lowest BCUT2D eigenvalue weighted by Gasteiger charge is -2.56. The summed E-state index contributed by atoms with van der Waals surface area (Å²) in [5.74, 6) is 0.892. The van der Waals surface area contributed by atoms with E-state index in [-0.39, 0.29) is 5.41 Å². The molecule has 1 aromatic rings. The molecule has 0 radical (unpaired) electrons. The van der Waals surface area contributed by atoms with Crippen LogP contribution in [0.5, 0.6) is 5.75 Å². The first kappa shape index (κ1) is 13.9. The molecule has 2 atom stereocenters. The lowest BCUT2D eigenvalue weighted by atomic mass is 9.55. The zero-order valence-corrected chi connectivity index (χ0v) is 12.3. The standard InChI is InChI=1S/C17H25NO2/c1-19-14-7-5-6-13(10-14)12-20-16-11-15(18)17(16)8-3-2-4-9-17/h5-7,10,15-16H,2-4,8-9,11-12,18H2,1H3. The molecule has 110 valence electrons. The predicted molar refractivity (Wildman–Crippen MR) is 79.7 cm³/mol. The third-order valence-corrected chi connectivity index (χ3v) is 5.22. The van der Waals surface area contributed by atoms with Gasteiger partial charge < -0.3 is 15.2 Å². The van der Waals surface area contributed by atoms with Crippen LogP contribution in [-0.4, -0.2) is 19.3 Å². The Morgan fingerprint density at radius 3 is 2.75 bits per heavy atom. The molecule has 1 aromatic carbocycles. The molecule has 2 aliphatic carbocycles. The number of nitrogens with two attached hydrogens (primary N) is 1. The van der Waals surface area contributed by atoms with Crippen LogP contribution < -0.4 is 10.5 Å². The molecule has 0 heterocycles. The van der Waals surface area contributed by atoms with E-state index in [1.54, 1.807) is 7.11 Å². The van der Waals surface area contributed by atoms with E-state index in [1.807, 2.05) is 18.2 Å². The lowest BCUT2D eigenvalue weighted by molar-refractivity contribution is -0.149. The highest BCUT2D eigenvalue weighted by atomic mass is 16.5. The molecular weight excluding hydrogens is 250 g/mol. The predicted octanol–water partition coefficient (Wildman–Crippen LogP) is 3.26. The van der Waals surface area contributed by atoms with Gasteiger partial charge in [-0.25, -0.2) is 0 Å². The highest BCUT2D eigenvalue weighted by molar-refractivity contribution is 5.28. The third-order valence-electron chi connectivity index (χ3n) is 5.22. The maximum Gasteiger partial charge on any atom is 0.119 e. The van der Waals surface area contributed by atoms with E-state index in [0.29, 0.717) is 18.8 Å². The molecule has 2 aliphatic rings. The Labute approximate surface area is 121 Å². The van der Waals surface area contributed by atoms with Crippen molar-refractivity contribution in [1.82, 2.24) is 0 Å². The maximum absolute atomic E-state index is 6.29. The summed E-state index contributed by atoms with van der Waals surface area (Å²) in [5.41, 5.74) is 7.74. The highest BCUT2D eigenvalue weighted by Crippen LogP contribution is 2.52. The minimum atomic E-state index is 0.275. The second-order valence-corrected chi connectivity index (χ2v) is 6.29. The first-order valence-electron chi connectivity index (χ1n) is 7.75. The normalized spacial score (nSPS) is 28.1. The Hall–Kier alpha value is -1.06. The molecule has 0 saturated heterocycles. The molecule has 0 aliphatic heterocycles. The Morgan fingerprint density at radius 2 is 2.05 bits per heavy atom. The van der Waals surface area contributed by atoms with Gasteiger partial charge in [0.15, 0.2) is 0 Å². The Balaban J connectivity index is 1.60. The van der Waals surface area contributed by atoms with Crippen molar-refractivity contribution in [1.29, 1.82) is 0 Å². The first-order chi connectivity index (χ1) is 9.74. The second kappa shape index (κ2) is 5.74. The zero-order valence-electron chi connectivity index (χ0n) is 12.3. The van der Waals surface area contributed by atoms with E-state index in [2.05, 4.69) is 6.07 Å². The summed E-state index contributed by atoms with van der Waals surface area (Å²) in [5, 5.41) is 0. The Kier molecular flexibility index (Phi) is 3.99. The van der Waals surface area contributed by atoms with Crippen molar-refractivity contribution in [3.05, 3.63) is 29.8 Å². The van der Waals surface area contributed by atoms with Crippen LogP contribution in [0.1, 0.15) is 44.1 Å². The summed E-state index contributed by atoms with van der Waals surface area (Å²) in [6, 6.07) is 8.46. The van der Waals surface area contributed by atoms with Gasteiger partial charge in [-0.3, -0.25) is 0 Å². The van der Waals surface area contributed by atoms with E-state index in [4.69, 9.17) is 15.2 Å². The molecule has 0 amide bonds. The lowest BCUT2D eigenvalue weighted by Crippen LogP contribution is -2.62. The maximum atomic E-state index is 6.29. The summed E-state index contributed by atoms with van der Waals surface area (Å²) in [4.78, 5) is 0. The van der Waals surface area contributed by atoms with Crippen molar-refractivity contribution in [2.75, 3.05) is 7.11 Å². The van der Waals surface area contributed by atoms with Gasteiger partial charge in [0.2, 0.25) is 0 Å². The van der Waals surface area contributed by atoms with E-state index >= 15 is 0 Å². The number of rotatable bonds is 4. The molecule has 1 spiro atoms. The smallest absolute Gasteiger partial charge is 0.119 e. The summed E-state index contributed by atoms with van der Waals surface area (Å²) in [6.45, 7) is 0.663. The van der Waals surface area contributed by atoms with Gasteiger partial charge in [0.05, 0.1) is 19.8 Å². The summed E-state index contributed by atoms with van der Waals surface area (Å²) < 4.78 is 11.4. The van der Waals surface area contributed by atoms with Gasteiger partial charge in [0.1, 0.15) is 5.75 Å². The molecular formula is C17H25NO2. The summed E-state index contributed by atoms with van der Waals surface area (Å²) in [7, 11) is 1.70. The fourth-order valence-corrected chi connectivity index (χ4v) is 3.87. The van der Waals surface area contributed by atoms with Crippen LogP contribution in [0.15, 0.2) is 24.3 Å². The summed E-state index contributed by atoms with van der Waals surface area (Å²) in [6.07, 6.45) is 7.85. The second-order valence-electron chi connectivity index (χ2n) is 6.29. The molecule has 20 heavy (non-hydrogen) atoms. The molecule has 3 rings (SSSR count). The molecule has 2 unspecified atom stereocenters. The molecule has 0 aromatic heterocycles. The average Bonchev–Trinajstić information content (AvgIpc) is 2.52. The topological polar surface area (TPSA) is 44.5 Å². The van der Waals surface area contributed by atoms with Crippen LogP contribution in [0.3, 0.4) is 0 Å². The molecule has 3 nitrogen and oxygen atoms in total. The molecule has 3 heteroatoms. The monoisotopic (exact) mass is 275 g/mol. The van der Waals surface area contributed by atoms with Crippen LogP contribution in [0.2, 0.25) is 0 Å². The first-order valence-corrected chi connectivity index (χ1v) is 7.75. The van der Waals surface area contributed by atoms with Gasteiger partial charge in [0, 0.05) is 11.5 Å². The van der Waals surface area contributed by atoms with Crippen LogP contribution in [0.25, 0.3) is 0 Å². The minimum absolute atomic E-state index is 0.275. The van der Waals surface area contributed by atoms with E-state index in [0.717, 1.165) is 12.2 Å². The van der Waals surface area contributed by atoms with Crippen molar-refractivity contribution in [3.63, 3.8) is 0 Å². The highest BCUT2D eigenvalue weighted by Gasteiger charge is 2.53. The van der Waals surface area contributed by atoms with Gasteiger partial charge >= 0.3 is 0 Å². The van der Waals surface area contributed by atoms with E-state index in [1.165, 1.54) is 37.7 Å². The Morgan fingerprint density at radius 1 is 1.25 bits per heavy atom. The van der Waals surface area contributed by atoms with Gasteiger partial charge in [-0.15, -0.1) is 0 Å². The average molecular weight is 275 g/mol. The number of ether oxygens (including phenoxy) is 2. The number of benzene rings is 1. The van der Waals surface area contributed by atoms with Crippen LogP contribution >= 0.6 is 0 Å². The van der Waals surface area contributed by atoms with Gasteiger partial charge in [-0.1, -0.05) is 31.4 Å². The van der Waals surface area contributed by atoms with Crippen molar-refractivity contribution in [2.45, 2.75) is 57.3 Å². The van der Waals surface area contributed by atoms with E-state index < -0.39 is 0 Å². The van der Waals surface area contributed by atoms with Gasteiger partial charge in [-0.2, -0.15) is 0 Å². The summed E-state index contributed by atoms with van der Waals surface area (Å²) >= 11 is 0.